The molecule has 7 nitrogen and oxygen atoms in total. The van der Waals surface area contributed by atoms with Crippen molar-refractivity contribution >= 4 is 28.8 Å². The van der Waals surface area contributed by atoms with Crippen LogP contribution >= 0.6 is 0 Å². The highest BCUT2D eigenvalue weighted by atomic mass is 19.2. The molecule has 0 aliphatic carbocycles. The Morgan fingerprint density at radius 1 is 1.00 bits per heavy atom. The number of carboxylic acid groups (broad SMARTS) is 1. The third-order valence-corrected chi connectivity index (χ3v) is 3.32. The molecule has 15 heteroatoms. The number of anilines is 1. The maximum absolute atomic E-state index is 13.1. The summed E-state index contributed by atoms with van der Waals surface area (Å²) in [4.78, 5) is 35.3. The van der Waals surface area contributed by atoms with Gasteiger partial charge in [0.2, 0.25) is 0 Å². The van der Waals surface area contributed by atoms with Gasteiger partial charge in [0, 0.05) is 0 Å². The van der Waals surface area contributed by atoms with E-state index in [0.717, 1.165) is 0 Å². The van der Waals surface area contributed by atoms with Crippen molar-refractivity contribution < 1.29 is 52.6 Å². The highest BCUT2D eigenvalue weighted by Gasteiger charge is 2.27. The van der Waals surface area contributed by atoms with Gasteiger partial charge in [-0.3, -0.25) is 4.79 Å². The lowest BCUT2D eigenvalue weighted by molar-refractivity contribution is -0.106. The summed E-state index contributed by atoms with van der Waals surface area (Å²) in [7, 11) is 0. The van der Waals surface area contributed by atoms with Gasteiger partial charge in [-0.25, -0.2) is 44.9 Å². The van der Waals surface area contributed by atoms with Crippen molar-refractivity contribution in [2.45, 2.75) is 6.92 Å². The first-order valence-corrected chi connectivity index (χ1v) is 7.58. The van der Waals surface area contributed by atoms with Crippen LogP contribution in [0.1, 0.15) is 20.0 Å². The topological polar surface area (TPSA) is 126 Å². The third kappa shape index (κ3) is 4.81. The van der Waals surface area contributed by atoms with Crippen LogP contribution in [0.5, 0.6) is 0 Å². The van der Waals surface area contributed by atoms with Crippen LogP contribution in [0.25, 0.3) is 10.9 Å². The number of aromatic carboxylic acids is 1. The van der Waals surface area contributed by atoms with E-state index in [1.807, 2.05) is 0 Å². The minimum absolute atomic E-state index is 0.583. The number of carbonyl (C=O) groups excluding carboxylic acids is 1. The van der Waals surface area contributed by atoms with E-state index in [9.17, 15) is 44.7 Å². The summed E-state index contributed by atoms with van der Waals surface area (Å²) < 4.78 is 115. The Morgan fingerprint density at radius 2 is 1.44 bits per heavy atom. The van der Waals surface area contributed by atoms with Crippen LogP contribution in [0.15, 0.2) is 11.1 Å². The molecule has 0 radical (unpaired) electrons. The fraction of sp³-hybridized carbons (Fsp3) is 0.0588. The van der Waals surface area contributed by atoms with E-state index in [-0.39, 0.29) is 0 Å². The second-order valence-corrected chi connectivity index (χ2v) is 5.21. The number of carbonyl (C=O) groups is 2. The van der Waals surface area contributed by atoms with E-state index >= 15 is 0 Å². The third-order valence-electron chi connectivity index (χ3n) is 3.32. The van der Waals surface area contributed by atoms with E-state index < -0.39 is 92.8 Å². The molecule has 172 valence electrons. The van der Waals surface area contributed by atoms with E-state index in [4.69, 9.17) is 18.4 Å². The summed E-state index contributed by atoms with van der Waals surface area (Å²) in [5.41, 5.74) is -0.188. The number of fused-ring (bicyclic) bond motifs is 1. The highest BCUT2D eigenvalue weighted by molar-refractivity contribution is 5.94. The number of carboxylic acids is 1. The molecule has 0 fully saturated rings. The first-order valence-electron chi connectivity index (χ1n) is 8.58. The van der Waals surface area contributed by atoms with E-state index in [1.54, 1.807) is 4.98 Å². The van der Waals surface area contributed by atoms with Gasteiger partial charge in [0.15, 0.2) is 46.5 Å². The summed E-state index contributed by atoms with van der Waals surface area (Å²) in [5, 5.41) is 7.26. The zero-order chi connectivity index (χ0) is 26.7. The number of rotatable bonds is 1. The maximum Gasteiger partial charge on any atom is 0.341 e. The fourth-order valence-electron chi connectivity index (χ4n) is 1.99. The predicted molar refractivity (Wildman–Crippen MR) is 91.6 cm³/mol. The number of aldehydes is 1. The second-order valence-electron chi connectivity index (χ2n) is 5.21. The van der Waals surface area contributed by atoms with E-state index in [1.165, 1.54) is 6.92 Å². The van der Waals surface area contributed by atoms with Crippen molar-refractivity contribution in [3.63, 3.8) is 0 Å². The van der Waals surface area contributed by atoms with E-state index in [0.29, 0.717) is 0 Å². The van der Waals surface area contributed by atoms with Crippen LogP contribution in [-0.2, 0) is 4.79 Å². The van der Waals surface area contributed by atoms with Crippen LogP contribution in [0, 0.1) is 46.5 Å². The Labute approximate surface area is 173 Å². The molecule has 0 saturated heterocycles. The molecule has 0 unspecified atom stereocenters. The molecule has 1 aromatic heterocycles. The molecule has 0 aliphatic heterocycles. The Bertz CT molecular complexity index is 1330. The number of nitrogens with one attached hydrogen (secondary N) is 1. The summed E-state index contributed by atoms with van der Waals surface area (Å²) in [5.74, 6) is -18.0. The van der Waals surface area contributed by atoms with Gasteiger partial charge >= 0.3 is 5.97 Å². The Morgan fingerprint density at radius 3 is 1.94 bits per heavy atom. The van der Waals surface area contributed by atoms with Crippen molar-refractivity contribution in [1.82, 2.24) is 9.97 Å². The van der Waals surface area contributed by atoms with Gasteiger partial charge in [0.25, 0.3) is 5.56 Å². The first-order chi connectivity index (χ1) is 15.5. The number of aromatic nitrogens is 2. The van der Waals surface area contributed by atoms with Crippen LogP contribution < -0.4 is 11.3 Å². The zero-order valence-corrected chi connectivity index (χ0v) is 15.2. The van der Waals surface area contributed by atoms with E-state index in [2.05, 4.69) is 4.98 Å². The lowest BCUT2D eigenvalue weighted by Gasteiger charge is -2.05. The quantitative estimate of drug-likeness (QED) is 0.164. The number of nitrogens with zero attached hydrogens (tertiary/aromatic N) is 1. The van der Waals surface area contributed by atoms with Crippen molar-refractivity contribution in [3.8, 4) is 0 Å². The number of hydrogen-bond acceptors (Lipinski definition) is 5. The smallest absolute Gasteiger partial charge is 0.341 e. The number of halogens is 8. The van der Waals surface area contributed by atoms with Gasteiger partial charge in [0.05, 0.1) is 12.0 Å². The number of nitrogens with two attached hydrogens (primary N) is 1. The zero-order valence-electron chi connectivity index (χ0n) is 17.2. The molecule has 1 heterocycles. The van der Waals surface area contributed by atoms with Crippen molar-refractivity contribution in [2.24, 2.45) is 0 Å². The summed E-state index contributed by atoms with van der Waals surface area (Å²) in [6.07, 6.45) is -1.36. The number of hydrogen-bond donors (Lipinski definition) is 3. The lowest BCUT2D eigenvalue weighted by atomic mass is 10.1. The molecule has 3 aromatic rings. The molecule has 4 N–H and O–H groups in total. The molecule has 0 aliphatic rings. The standard InChI is InChI=1S/C8H2F4N2O.C7H3F4NO2.C2H4O/c9-3-2-7(13-1-14-8(2)15)6(12)5(11)4(3)10;8-2-1(7(13)14)6(12)5(11)4(10)3(2)9;1-2-3/h1H,(H,13,14,15);12H2,(H,13,14);2H,1H3/i1D;;2D. The molecule has 2 aromatic carbocycles. The monoisotopic (exact) mass is 473 g/mol. The molecule has 32 heavy (non-hydrogen) atoms. The number of benzene rings is 2. The van der Waals surface area contributed by atoms with Crippen LogP contribution in [0.4, 0.5) is 40.8 Å². The van der Waals surface area contributed by atoms with Gasteiger partial charge in [-0.1, -0.05) is 0 Å². The van der Waals surface area contributed by atoms with Gasteiger partial charge < -0.3 is 20.6 Å². The van der Waals surface area contributed by atoms with Gasteiger partial charge in [-0.05, 0) is 6.92 Å². The minimum atomic E-state index is -2.20. The van der Waals surface area contributed by atoms with Crippen LogP contribution in [0.3, 0.4) is 0 Å². The minimum Gasteiger partial charge on any atom is -0.478 e. The molecule has 0 bridgehead atoms. The Balaban J connectivity index is 0.000000297. The highest BCUT2D eigenvalue weighted by Crippen LogP contribution is 2.26. The van der Waals surface area contributed by atoms with Gasteiger partial charge in [-0.2, -0.15) is 0 Å². The SMILES string of the molecule is Nc1c(F)c(F)c(F)c(F)c1C(=O)O.[2H]C(C)=O.[2H]c1nc2c(F)c(F)c(F)c(F)c2c(=O)[nH]1. The van der Waals surface area contributed by atoms with Crippen molar-refractivity contribution in [3.05, 3.63) is 68.8 Å². The predicted octanol–water partition coefficient (Wildman–Crippen LogP) is 3.21. The molecule has 0 spiro atoms. The van der Waals surface area contributed by atoms with Gasteiger partial charge in [0.1, 0.15) is 25.5 Å². The van der Waals surface area contributed by atoms with Crippen molar-refractivity contribution in [2.75, 3.05) is 5.73 Å². The summed E-state index contributed by atoms with van der Waals surface area (Å²) >= 11 is 0. The first kappa shape index (κ1) is 22.6. The molecule has 3 rings (SSSR count). The molecule has 0 saturated carbocycles. The normalized spacial score (nSPS) is 10.9. The Hall–Kier alpha value is -4.04. The number of nitrogen functional groups attached to an aromatic ring is 1. The average Bonchev–Trinajstić information content (AvgIpc) is 2.73. The molecular formula is C17H9F8N3O4. The molecule has 0 atom stereocenters. The number of H-pyrrole nitrogens is 1. The average molecular weight is 473 g/mol. The van der Waals surface area contributed by atoms with Crippen LogP contribution in [-0.4, -0.2) is 27.3 Å². The Kier molecular flexibility index (Phi) is 7.30. The summed E-state index contributed by atoms with van der Waals surface area (Å²) in [6.45, 7) is 1.19. The van der Waals surface area contributed by atoms with Crippen molar-refractivity contribution in [1.29, 1.82) is 0 Å². The molecular weight excluding hydrogens is 462 g/mol. The lowest BCUT2D eigenvalue weighted by Crippen LogP contribution is -2.12. The fourth-order valence-corrected chi connectivity index (χ4v) is 1.99. The number of aromatic amines is 1. The second kappa shape index (κ2) is 10.3. The largest absolute Gasteiger partial charge is 0.478 e. The van der Waals surface area contributed by atoms with Gasteiger partial charge in [-0.15, -0.1) is 0 Å². The maximum atomic E-state index is 13.1. The summed E-state index contributed by atoms with van der Waals surface area (Å²) in [6, 6.07) is 0. The molecule has 0 amide bonds. The van der Waals surface area contributed by atoms with Crippen LogP contribution in [0.2, 0.25) is 0 Å².